The van der Waals surface area contributed by atoms with Gasteiger partial charge in [0.2, 0.25) is 0 Å². The van der Waals surface area contributed by atoms with Crippen LogP contribution in [0.4, 0.5) is 0 Å². The van der Waals surface area contributed by atoms with Gasteiger partial charge in [0.05, 0.1) is 5.69 Å². The van der Waals surface area contributed by atoms with Crippen LogP contribution in [0.1, 0.15) is 56.7 Å². The highest BCUT2D eigenvalue weighted by Gasteiger charge is 2.24. The Morgan fingerprint density at radius 2 is 2.05 bits per heavy atom. The average Bonchev–Trinajstić information content (AvgIpc) is 2.79. The lowest BCUT2D eigenvalue weighted by Gasteiger charge is -2.25. The van der Waals surface area contributed by atoms with Crippen molar-refractivity contribution in [2.75, 3.05) is 0 Å². The molecule has 0 aromatic carbocycles. The molecule has 0 aliphatic rings. The number of aromatic nitrogens is 2. The Hall–Kier alpha value is -1.85. The molecule has 1 heterocycles. The van der Waals surface area contributed by atoms with Crippen molar-refractivity contribution in [1.29, 1.82) is 0 Å². The van der Waals surface area contributed by atoms with Crippen molar-refractivity contribution >= 4 is 11.9 Å². The van der Waals surface area contributed by atoms with Crippen LogP contribution in [-0.4, -0.2) is 32.3 Å². The second-order valence-electron chi connectivity index (χ2n) is 5.42. The highest BCUT2D eigenvalue weighted by Crippen LogP contribution is 2.13. The van der Waals surface area contributed by atoms with Crippen molar-refractivity contribution in [3.8, 4) is 0 Å². The maximum absolute atomic E-state index is 12.3. The van der Waals surface area contributed by atoms with Crippen LogP contribution in [0.2, 0.25) is 0 Å². The number of carboxylic acid groups (broad SMARTS) is 1. The predicted molar refractivity (Wildman–Crippen MR) is 75.7 cm³/mol. The third-order valence-electron chi connectivity index (χ3n) is 3.14. The summed E-state index contributed by atoms with van der Waals surface area (Å²) in [4.78, 5) is 22.9. The van der Waals surface area contributed by atoms with E-state index < -0.39 is 11.5 Å². The lowest BCUT2D eigenvalue weighted by atomic mass is 9.98. The number of carbonyl (C=O) groups excluding carboxylic acids is 1. The van der Waals surface area contributed by atoms with Crippen LogP contribution in [-0.2, 0) is 17.8 Å². The summed E-state index contributed by atoms with van der Waals surface area (Å²) in [7, 11) is 0. The summed E-state index contributed by atoms with van der Waals surface area (Å²) in [6, 6.07) is 1.78. The van der Waals surface area contributed by atoms with E-state index in [0.717, 1.165) is 12.1 Å². The van der Waals surface area contributed by atoms with Gasteiger partial charge in [-0.1, -0.05) is 6.92 Å². The lowest BCUT2D eigenvalue weighted by molar-refractivity contribution is -0.137. The summed E-state index contributed by atoms with van der Waals surface area (Å²) in [5.41, 5.74) is 0.832. The minimum absolute atomic E-state index is 0.0283. The molecule has 0 aliphatic heterocycles. The van der Waals surface area contributed by atoms with Crippen LogP contribution >= 0.6 is 0 Å². The second-order valence-corrected chi connectivity index (χ2v) is 5.42. The molecule has 0 fully saturated rings. The number of aryl methyl sites for hydroxylation is 2. The fraction of sp³-hybridized carbons (Fsp3) is 0.643. The van der Waals surface area contributed by atoms with E-state index in [1.165, 1.54) is 0 Å². The van der Waals surface area contributed by atoms with Gasteiger partial charge >= 0.3 is 5.97 Å². The fourth-order valence-electron chi connectivity index (χ4n) is 1.92. The Morgan fingerprint density at radius 1 is 1.40 bits per heavy atom. The first-order chi connectivity index (χ1) is 9.29. The molecule has 0 bridgehead atoms. The van der Waals surface area contributed by atoms with E-state index in [9.17, 15) is 9.59 Å². The van der Waals surface area contributed by atoms with Gasteiger partial charge in [-0.25, -0.2) is 0 Å². The minimum atomic E-state index is -0.862. The molecule has 0 spiro atoms. The molecule has 112 valence electrons. The van der Waals surface area contributed by atoms with E-state index in [-0.39, 0.29) is 12.3 Å². The predicted octanol–water partition coefficient (Wildman–Crippen LogP) is 1.84. The van der Waals surface area contributed by atoms with Crippen molar-refractivity contribution in [2.24, 2.45) is 0 Å². The van der Waals surface area contributed by atoms with E-state index >= 15 is 0 Å². The molecule has 0 atom stereocenters. The number of carboxylic acids is 1. The number of nitrogens with one attached hydrogen (secondary N) is 1. The Labute approximate surface area is 119 Å². The summed E-state index contributed by atoms with van der Waals surface area (Å²) in [6.07, 6.45) is 1.19. The first kappa shape index (κ1) is 16.2. The number of hydrogen-bond donors (Lipinski definition) is 2. The summed E-state index contributed by atoms with van der Waals surface area (Å²) >= 11 is 0. The smallest absolute Gasteiger partial charge is 0.303 e. The summed E-state index contributed by atoms with van der Waals surface area (Å²) in [6.45, 7) is 8.18. The number of hydrogen-bond acceptors (Lipinski definition) is 3. The zero-order chi connectivity index (χ0) is 15.3. The van der Waals surface area contributed by atoms with E-state index in [1.807, 2.05) is 27.7 Å². The van der Waals surface area contributed by atoms with Gasteiger partial charge in [0.15, 0.2) is 0 Å². The van der Waals surface area contributed by atoms with Gasteiger partial charge in [0.1, 0.15) is 5.69 Å². The van der Waals surface area contributed by atoms with Gasteiger partial charge < -0.3 is 10.4 Å². The largest absolute Gasteiger partial charge is 0.481 e. The molecule has 2 N–H and O–H groups in total. The molecule has 0 saturated carbocycles. The van der Waals surface area contributed by atoms with Crippen molar-refractivity contribution < 1.29 is 14.7 Å². The molecule has 1 aromatic heterocycles. The number of carbonyl (C=O) groups is 2. The van der Waals surface area contributed by atoms with E-state index in [2.05, 4.69) is 10.4 Å². The Bertz CT molecular complexity index is 492. The summed E-state index contributed by atoms with van der Waals surface area (Å²) in [5.74, 6) is -1.08. The summed E-state index contributed by atoms with van der Waals surface area (Å²) in [5, 5.41) is 15.9. The second kappa shape index (κ2) is 6.54. The maximum Gasteiger partial charge on any atom is 0.303 e. The van der Waals surface area contributed by atoms with E-state index in [1.54, 1.807) is 10.7 Å². The van der Waals surface area contributed by atoms with Crippen LogP contribution < -0.4 is 5.32 Å². The normalized spacial score (nSPS) is 11.4. The fourth-order valence-corrected chi connectivity index (χ4v) is 1.92. The molecular formula is C14H23N3O3. The molecule has 6 nitrogen and oxygen atoms in total. The standard InChI is InChI=1S/C14H23N3O3/c1-5-10-9-11(17(6-2)16-10)13(20)15-14(3,4)8-7-12(18)19/h9H,5-8H2,1-4H3,(H,15,20)(H,18,19). The van der Waals surface area contributed by atoms with Crippen molar-refractivity contribution in [3.63, 3.8) is 0 Å². The third kappa shape index (κ3) is 4.36. The molecule has 1 aromatic rings. The molecule has 0 unspecified atom stereocenters. The summed E-state index contributed by atoms with van der Waals surface area (Å²) < 4.78 is 1.67. The quantitative estimate of drug-likeness (QED) is 0.798. The number of nitrogens with zero attached hydrogens (tertiary/aromatic N) is 2. The van der Waals surface area contributed by atoms with E-state index in [0.29, 0.717) is 18.7 Å². The van der Waals surface area contributed by atoms with Crippen LogP contribution in [0.5, 0.6) is 0 Å². The zero-order valence-electron chi connectivity index (χ0n) is 12.6. The van der Waals surface area contributed by atoms with Gasteiger partial charge in [-0.05, 0) is 39.7 Å². The van der Waals surface area contributed by atoms with Gasteiger partial charge in [0, 0.05) is 18.5 Å². The highest BCUT2D eigenvalue weighted by molar-refractivity contribution is 5.93. The van der Waals surface area contributed by atoms with Crippen molar-refractivity contribution in [3.05, 3.63) is 17.5 Å². The van der Waals surface area contributed by atoms with Crippen LogP contribution in [0.25, 0.3) is 0 Å². The highest BCUT2D eigenvalue weighted by atomic mass is 16.4. The van der Waals surface area contributed by atoms with Gasteiger partial charge in [0.25, 0.3) is 5.91 Å². The molecule has 1 amide bonds. The first-order valence-electron chi connectivity index (χ1n) is 6.90. The lowest BCUT2D eigenvalue weighted by Crippen LogP contribution is -2.44. The van der Waals surface area contributed by atoms with Crippen molar-refractivity contribution in [1.82, 2.24) is 15.1 Å². The van der Waals surface area contributed by atoms with Crippen LogP contribution in [0, 0.1) is 0 Å². The SMILES string of the molecule is CCc1cc(C(=O)NC(C)(C)CCC(=O)O)n(CC)n1. The first-order valence-corrected chi connectivity index (χ1v) is 6.90. The topological polar surface area (TPSA) is 84.2 Å². The average molecular weight is 281 g/mol. The molecule has 0 saturated heterocycles. The monoisotopic (exact) mass is 281 g/mol. The number of amides is 1. The molecule has 1 rings (SSSR count). The molecule has 20 heavy (non-hydrogen) atoms. The van der Waals surface area contributed by atoms with Crippen LogP contribution in [0.15, 0.2) is 6.07 Å². The van der Waals surface area contributed by atoms with Gasteiger partial charge in [-0.3, -0.25) is 14.3 Å². The van der Waals surface area contributed by atoms with Gasteiger partial charge in [-0.15, -0.1) is 0 Å². The number of rotatable bonds is 7. The minimum Gasteiger partial charge on any atom is -0.481 e. The van der Waals surface area contributed by atoms with Crippen molar-refractivity contribution in [2.45, 2.75) is 59.0 Å². The molecule has 6 heteroatoms. The van der Waals surface area contributed by atoms with Crippen LogP contribution in [0.3, 0.4) is 0 Å². The Morgan fingerprint density at radius 3 is 2.55 bits per heavy atom. The Balaban J connectivity index is 2.79. The molecule has 0 aliphatic carbocycles. The maximum atomic E-state index is 12.3. The number of aliphatic carboxylic acids is 1. The van der Waals surface area contributed by atoms with Gasteiger partial charge in [-0.2, -0.15) is 5.10 Å². The molecular weight excluding hydrogens is 258 g/mol. The Kier molecular flexibility index (Phi) is 5.30. The van der Waals surface area contributed by atoms with E-state index in [4.69, 9.17) is 5.11 Å². The third-order valence-corrected chi connectivity index (χ3v) is 3.14. The zero-order valence-corrected chi connectivity index (χ0v) is 12.6. The molecule has 0 radical (unpaired) electrons.